The van der Waals surface area contributed by atoms with Crippen LogP contribution in [-0.4, -0.2) is 16.1 Å². The van der Waals surface area contributed by atoms with Crippen LogP contribution in [0, 0.1) is 0 Å². The Morgan fingerprint density at radius 3 is 2.52 bits per heavy atom. The van der Waals surface area contributed by atoms with Crippen LogP contribution in [0.15, 0.2) is 60.8 Å². The zero-order chi connectivity index (χ0) is 14.7. The summed E-state index contributed by atoms with van der Waals surface area (Å²) < 4.78 is 5.76. The number of aromatic carboxylic acids is 1. The molecule has 0 saturated carbocycles. The highest BCUT2D eigenvalue weighted by atomic mass is 32.1. The van der Waals surface area contributed by atoms with Gasteiger partial charge in [-0.3, -0.25) is 0 Å². The van der Waals surface area contributed by atoms with E-state index in [4.69, 9.17) is 9.84 Å². The van der Waals surface area contributed by atoms with Gasteiger partial charge in [-0.05, 0) is 24.3 Å². The number of para-hydroxylation sites is 1. The van der Waals surface area contributed by atoms with Gasteiger partial charge in [-0.1, -0.05) is 30.3 Å². The van der Waals surface area contributed by atoms with Crippen LogP contribution in [-0.2, 0) is 0 Å². The van der Waals surface area contributed by atoms with Gasteiger partial charge in [-0.2, -0.15) is 0 Å². The van der Waals surface area contributed by atoms with Gasteiger partial charge in [0.1, 0.15) is 21.4 Å². The quantitative estimate of drug-likeness (QED) is 0.780. The number of thiazole rings is 1. The van der Waals surface area contributed by atoms with Crippen LogP contribution in [0.5, 0.6) is 11.5 Å². The van der Waals surface area contributed by atoms with Gasteiger partial charge in [0.05, 0.1) is 6.20 Å². The monoisotopic (exact) mass is 297 g/mol. The lowest BCUT2D eigenvalue weighted by atomic mass is 10.2. The van der Waals surface area contributed by atoms with Gasteiger partial charge >= 0.3 is 5.97 Å². The van der Waals surface area contributed by atoms with Crippen LogP contribution in [0.2, 0.25) is 0 Å². The molecule has 4 nitrogen and oxygen atoms in total. The van der Waals surface area contributed by atoms with Crippen molar-refractivity contribution in [3.05, 3.63) is 65.7 Å². The molecular weight excluding hydrogens is 286 g/mol. The highest BCUT2D eigenvalue weighted by Crippen LogP contribution is 2.29. The molecule has 0 saturated heterocycles. The van der Waals surface area contributed by atoms with E-state index in [1.165, 1.54) is 6.20 Å². The lowest BCUT2D eigenvalue weighted by Gasteiger charge is -2.06. The van der Waals surface area contributed by atoms with Crippen LogP contribution < -0.4 is 4.74 Å². The molecule has 0 radical (unpaired) electrons. The van der Waals surface area contributed by atoms with Crippen molar-refractivity contribution in [1.29, 1.82) is 0 Å². The Morgan fingerprint density at radius 2 is 1.81 bits per heavy atom. The second-order valence-electron chi connectivity index (χ2n) is 4.28. The molecule has 1 aromatic heterocycles. The third-order valence-corrected chi connectivity index (χ3v) is 3.81. The Hall–Kier alpha value is -2.66. The van der Waals surface area contributed by atoms with Gasteiger partial charge in [-0.25, -0.2) is 9.78 Å². The summed E-state index contributed by atoms with van der Waals surface area (Å²) in [6.07, 6.45) is 1.37. The van der Waals surface area contributed by atoms with Crippen molar-refractivity contribution in [2.24, 2.45) is 0 Å². The summed E-state index contributed by atoms with van der Waals surface area (Å²) in [5.74, 6) is 0.473. The SMILES string of the molecule is O=C(O)c1cnc(-c2cccc(Oc3ccccc3)c2)s1. The van der Waals surface area contributed by atoms with Crippen LogP contribution in [0.25, 0.3) is 10.6 Å². The van der Waals surface area contributed by atoms with Crippen LogP contribution in [0.4, 0.5) is 0 Å². The standard InChI is InChI=1S/C16H11NO3S/c18-16(19)14-10-17-15(21-14)11-5-4-8-13(9-11)20-12-6-2-1-3-7-12/h1-10H,(H,18,19). The molecule has 0 spiro atoms. The summed E-state index contributed by atoms with van der Waals surface area (Å²) in [6, 6.07) is 16.9. The fraction of sp³-hybridized carbons (Fsp3) is 0. The Kier molecular flexibility index (Phi) is 3.66. The minimum atomic E-state index is -0.963. The summed E-state index contributed by atoms with van der Waals surface area (Å²) >= 11 is 1.14. The molecule has 0 fully saturated rings. The van der Waals surface area contributed by atoms with Gasteiger partial charge in [0.2, 0.25) is 0 Å². The molecule has 0 atom stereocenters. The van der Waals surface area contributed by atoms with Gasteiger partial charge < -0.3 is 9.84 Å². The molecule has 0 aliphatic heterocycles. The zero-order valence-electron chi connectivity index (χ0n) is 10.9. The molecule has 2 aromatic carbocycles. The molecule has 0 aliphatic carbocycles. The van der Waals surface area contributed by atoms with Crippen molar-refractivity contribution in [2.45, 2.75) is 0 Å². The predicted molar refractivity (Wildman–Crippen MR) is 81.0 cm³/mol. The molecule has 104 valence electrons. The topological polar surface area (TPSA) is 59.4 Å². The third kappa shape index (κ3) is 3.09. The second kappa shape index (κ2) is 5.76. The maximum atomic E-state index is 10.9. The van der Waals surface area contributed by atoms with Crippen molar-refractivity contribution < 1.29 is 14.6 Å². The normalized spacial score (nSPS) is 10.3. The van der Waals surface area contributed by atoms with Gasteiger partial charge in [0, 0.05) is 5.56 Å². The number of carboxylic acids is 1. The number of rotatable bonds is 4. The van der Waals surface area contributed by atoms with E-state index < -0.39 is 5.97 Å². The lowest BCUT2D eigenvalue weighted by molar-refractivity contribution is 0.0702. The summed E-state index contributed by atoms with van der Waals surface area (Å²) in [5, 5.41) is 9.60. The van der Waals surface area contributed by atoms with Crippen LogP contribution in [0.1, 0.15) is 9.67 Å². The molecule has 1 N–H and O–H groups in total. The van der Waals surface area contributed by atoms with Gasteiger partial charge in [-0.15, -0.1) is 11.3 Å². The largest absolute Gasteiger partial charge is 0.477 e. The fourth-order valence-electron chi connectivity index (χ4n) is 1.82. The Bertz CT molecular complexity index is 768. The summed E-state index contributed by atoms with van der Waals surface area (Å²) in [5.41, 5.74) is 0.834. The first-order valence-electron chi connectivity index (χ1n) is 6.25. The van der Waals surface area contributed by atoms with E-state index in [0.29, 0.717) is 10.8 Å². The fourth-order valence-corrected chi connectivity index (χ4v) is 2.57. The number of carboxylic acid groups (broad SMARTS) is 1. The first kappa shape index (κ1) is 13.3. The van der Waals surface area contributed by atoms with E-state index in [1.807, 2.05) is 54.6 Å². The van der Waals surface area contributed by atoms with Crippen LogP contribution in [0.3, 0.4) is 0 Å². The maximum absolute atomic E-state index is 10.9. The highest BCUT2D eigenvalue weighted by Gasteiger charge is 2.10. The van der Waals surface area contributed by atoms with Crippen LogP contribution >= 0.6 is 11.3 Å². The van der Waals surface area contributed by atoms with Crippen molar-refractivity contribution in [3.63, 3.8) is 0 Å². The minimum Gasteiger partial charge on any atom is -0.477 e. The minimum absolute atomic E-state index is 0.222. The second-order valence-corrected chi connectivity index (χ2v) is 5.31. The molecule has 3 rings (SSSR count). The molecular formula is C16H11NO3S. The van der Waals surface area contributed by atoms with E-state index in [2.05, 4.69) is 4.98 Å². The number of hydrogen-bond acceptors (Lipinski definition) is 4. The summed E-state index contributed by atoms with van der Waals surface area (Å²) in [4.78, 5) is 15.3. The summed E-state index contributed by atoms with van der Waals surface area (Å²) in [7, 11) is 0. The zero-order valence-corrected chi connectivity index (χ0v) is 11.7. The number of nitrogens with zero attached hydrogens (tertiary/aromatic N) is 1. The van der Waals surface area contributed by atoms with Gasteiger partial charge in [0.25, 0.3) is 0 Å². The number of hydrogen-bond donors (Lipinski definition) is 1. The Balaban J connectivity index is 1.87. The lowest BCUT2D eigenvalue weighted by Crippen LogP contribution is -1.89. The smallest absolute Gasteiger partial charge is 0.347 e. The van der Waals surface area contributed by atoms with Crippen molar-refractivity contribution >= 4 is 17.3 Å². The number of carbonyl (C=O) groups is 1. The maximum Gasteiger partial charge on any atom is 0.347 e. The molecule has 0 aliphatic rings. The van der Waals surface area contributed by atoms with Crippen molar-refractivity contribution in [3.8, 4) is 22.1 Å². The third-order valence-electron chi connectivity index (χ3n) is 2.78. The molecule has 3 aromatic rings. The Morgan fingerprint density at radius 1 is 1.05 bits per heavy atom. The first-order chi connectivity index (χ1) is 10.2. The van der Waals surface area contributed by atoms with E-state index in [0.717, 1.165) is 22.6 Å². The molecule has 21 heavy (non-hydrogen) atoms. The van der Waals surface area contributed by atoms with E-state index >= 15 is 0 Å². The Labute approximate surface area is 125 Å². The molecule has 1 heterocycles. The number of ether oxygens (including phenoxy) is 1. The van der Waals surface area contributed by atoms with Crippen molar-refractivity contribution in [1.82, 2.24) is 4.98 Å². The molecule has 0 amide bonds. The van der Waals surface area contributed by atoms with Crippen molar-refractivity contribution in [2.75, 3.05) is 0 Å². The number of aromatic nitrogens is 1. The predicted octanol–water partition coefficient (Wildman–Crippen LogP) is 4.30. The highest BCUT2D eigenvalue weighted by molar-refractivity contribution is 7.16. The van der Waals surface area contributed by atoms with E-state index in [9.17, 15) is 4.79 Å². The van der Waals surface area contributed by atoms with E-state index in [1.54, 1.807) is 0 Å². The average Bonchev–Trinajstić information content (AvgIpc) is 2.99. The number of benzene rings is 2. The first-order valence-corrected chi connectivity index (χ1v) is 7.06. The molecule has 5 heteroatoms. The average molecular weight is 297 g/mol. The van der Waals surface area contributed by atoms with Gasteiger partial charge in [0.15, 0.2) is 0 Å². The summed E-state index contributed by atoms with van der Waals surface area (Å²) in [6.45, 7) is 0. The molecule has 0 bridgehead atoms. The van der Waals surface area contributed by atoms with E-state index in [-0.39, 0.29) is 4.88 Å². The molecule has 0 unspecified atom stereocenters.